The van der Waals surface area contributed by atoms with E-state index in [1.807, 2.05) is 6.07 Å². The molecule has 1 aliphatic rings. The highest BCUT2D eigenvalue weighted by atomic mass is 16.3. The zero-order valence-corrected chi connectivity index (χ0v) is 11.8. The minimum absolute atomic E-state index is 0.311. The summed E-state index contributed by atoms with van der Waals surface area (Å²) >= 11 is 0. The maximum absolute atomic E-state index is 11.4. The summed E-state index contributed by atoms with van der Waals surface area (Å²) in [5.74, 6) is 0. The Hall–Kier alpha value is -1.97. The van der Waals surface area contributed by atoms with Crippen LogP contribution >= 0.6 is 0 Å². The van der Waals surface area contributed by atoms with Crippen LogP contribution in [0, 0.1) is 0 Å². The average molecular weight is 272 g/mol. The van der Waals surface area contributed by atoms with Gasteiger partial charge in [-0.25, -0.2) is 4.79 Å². The molecule has 0 atom stereocenters. The first-order valence-corrected chi connectivity index (χ1v) is 7.24. The smallest absolute Gasteiger partial charge is 0.315 e. The molecule has 0 bridgehead atoms. The zero-order valence-electron chi connectivity index (χ0n) is 11.8. The van der Waals surface area contributed by atoms with Gasteiger partial charge >= 0.3 is 6.03 Å². The number of hydrogen-bond donors (Lipinski definition) is 1. The van der Waals surface area contributed by atoms with Crippen molar-refractivity contribution >= 4 is 17.0 Å². The lowest BCUT2D eigenvalue weighted by atomic mass is 10.1. The SMILES string of the molecule is CCc1ccc2occ(CCN(C(N)=O)C3CC3)c2c1. The molecule has 4 heteroatoms. The van der Waals surface area contributed by atoms with Crippen LogP contribution in [0.2, 0.25) is 0 Å². The molecule has 2 N–H and O–H groups in total. The number of furan rings is 1. The van der Waals surface area contributed by atoms with Gasteiger partial charge in [0.2, 0.25) is 0 Å². The van der Waals surface area contributed by atoms with E-state index in [0.29, 0.717) is 12.6 Å². The summed E-state index contributed by atoms with van der Waals surface area (Å²) in [5.41, 5.74) is 8.81. The van der Waals surface area contributed by atoms with E-state index in [9.17, 15) is 4.79 Å². The Bertz CT molecular complexity index is 628. The van der Waals surface area contributed by atoms with Gasteiger partial charge in [-0.3, -0.25) is 0 Å². The number of urea groups is 1. The quantitative estimate of drug-likeness (QED) is 0.909. The highest BCUT2D eigenvalue weighted by molar-refractivity contribution is 5.82. The van der Waals surface area contributed by atoms with Gasteiger partial charge in [0.15, 0.2) is 0 Å². The summed E-state index contributed by atoms with van der Waals surface area (Å²) in [6.07, 6.45) is 5.76. The second-order valence-corrected chi connectivity index (χ2v) is 5.46. The molecule has 0 unspecified atom stereocenters. The lowest BCUT2D eigenvalue weighted by Crippen LogP contribution is -2.38. The summed E-state index contributed by atoms with van der Waals surface area (Å²) in [6.45, 7) is 2.81. The van der Waals surface area contributed by atoms with Crippen molar-refractivity contribution in [1.82, 2.24) is 4.90 Å². The van der Waals surface area contributed by atoms with Crippen LogP contribution in [0.4, 0.5) is 4.79 Å². The fraction of sp³-hybridized carbons (Fsp3) is 0.438. The molecule has 1 heterocycles. The van der Waals surface area contributed by atoms with Gasteiger partial charge < -0.3 is 15.1 Å². The van der Waals surface area contributed by atoms with E-state index in [-0.39, 0.29) is 6.03 Å². The molecule has 1 aromatic heterocycles. The van der Waals surface area contributed by atoms with E-state index < -0.39 is 0 Å². The number of primary amides is 1. The van der Waals surface area contributed by atoms with E-state index in [0.717, 1.165) is 42.2 Å². The molecule has 1 aromatic carbocycles. The van der Waals surface area contributed by atoms with Crippen LogP contribution in [0.25, 0.3) is 11.0 Å². The second kappa shape index (κ2) is 5.19. The van der Waals surface area contributed by atoms with E-state index in [1.165, 1.54) is 5.56 Å². The third-order valence-electron chi connectivity index (χ3n) is 4.02. The largest absolute Gasteiger partial charge is 0.464 e. The molecular formula is C16H20N2O2. The molecule has 2 aromatic rings. The number of rotatable bonds is 5. The first-order valence-electron chi connectivity index (χ1n) is 7.24. The van der Waals surface area contributed by atoms with E-state index in [1.54, 1.807) is 11.2 Å². The number of aryl methyl sites for hydroxylation is 1. The van der Waals surface area contributed by atoms with Crippen molar-refractivity contribution < 1.29 is 9.21 Å². The number of hydrogen-bond acceptors (Lipinski definition) is 2. The minimum Gasteiger partial charge on any atom is -0.464 e. The van der Waals surface area contributed by atoms with Gasteiger partial charge in [0.05, 0.1) is 6.26 Å². The normalized spacial score (nSPS) is 14.7. The summed E-state index contributed by atoms with van der Waals surface area (Å²) in [7, 11) is 0. The minimum atomic E-state index is -0.311. The summed E-state index contributed by atoms with van der Waals surface area (Å²) in [5, 5.41) is 1.16. The van der Waals surface area contributed by atoms with Crippen LogP contribution < -0.4 is 5.73 Å². The van der Waals surface area contributed by atoms with Gasteiger partial charge in [-0.1, -0.05) is 13.0 Å². The molecule has 0 spiro atoms. The third-order valence-corrected chi connectivity index (χ3v) is 4.02. The van der Waals surface area contributed by atoms with Gasteiger partial charge in [0.1, 0.15) is 5.58 Å². The maximum Gasteiger partial charge on any atom is 0.315 e. The Balaban J connectivity index is 1.78. The molecule has 1 fully saturated rings. The maximum atomic E-state index is 11.4. The third kappa shape index (κ3) is 2.50. The predicted octanol–water partition coefficient (Wildman–Crippen LogP) is 3.08. The lowest BCUT2D eigenvalue weighted by molar-refractivity contribution is 0.205. The summed E-state index contributed by atoms with van der Waals surface area (Å²) in [4.78, 5) is 13.2. The molecule has 3 rings (SSSR count). The average Bonchev–Trinajstić information content (AvgIpc) is 3.19. The Morgan fingerprint density at radius 3 is 2.90 bits per heavy atom. The van der Waals surface area contributed by atoms with Gasteiger partial charge in [0, 0.05) is 18.0 Å². The molecule has 106 valence electrons. The number of carbonyl (C=O) groups is 1. The Morgan fingerprint density at radius 1 is 1.45 bits per heavy atom. The van der Waals surface area contributed by atoms with Crippen LogP contribution in [0.5, 0.6) is 0 Å². The van der Waals surface area contributed by atoms with Crippen LogP contribution in [-0.4, -0.2) is 23.5 Å². The van der Waals surface area contributed by atoms with Crippen LogP contribution in [0.3, 0.4) is 0 Å². The number of nitrogens with zero attached hydrogens (tertiary/aromatic N) is 1. The van der Waals surface area contributed by atoms with Crippen molar-refractivity contribution in [2.24, 2.45) is 5.73 Å². The van der Waals surface area contributed by atoms with Gasteiger partial charge in [-0.05, 0) is 48.9 Å². The summed E-state index contributed by atoms with van der Waals surface area (Å²) in [6, 6.07) is 6.34. The number of amides is 2. The van der Waals surface area contributed by atoms with E-state index in [2.05, 4.69) is 19.1 Å². The van der Waals surface area contributed by atoms with Crippen molar-refractivity contribution in [1.29, 1.82) is 0 Å². The summed E-state index contributed by atoms with van der Waals surface area (Å²) < 4.78 is 5.58. The number of benzene rings is 1. The fourth-order valence-electron chi connectivity index (χ4n) is 2.64. The van der Waals surface area contributed by atoms with Crippen LogP contribution in [0.1, 0.15) is 30.9 Å². The molecule has 0 aliphatic heterocycles. The van der Waals surface area contributed by atoms with Crippen LogP contribution in [0.15, 0.2) is 28.9 Å². The first kappa shape index (κ1) is 13.0. The van der Waals surface area contributed by atoms with Gasteiger partial charge in [0.25, 0.3) is 0 Å². The van der Waals surface area contributed by atoms with Crippen molar-refractivity contribution in [3.05, 3.63) is 35.6 Å². The molecule has 1 saturated carbocycles. The van der Waals surface area contributed by atoms with Gasteiger partial charge in [-0.2, -0.15) is 0 Å². The molecule has 0 saturated heterocycles. The van der Waals surface area contributed by atoms with E-state index >= 15 is 0 Å². The number of carbonyl (C=O) groups excluding carboxylic acids is 1. The second-order valence-electron chi connectivity index (χ2n) is 5.46. The Labute approximate surface area is 118 Å². The number of nitrogens with two attached hydrogens (primary N) is 1. The highest BCUT2D eigenvalue weighted by Gasteiger charge is 2.31. The molecule has 0 radical (unpaired) electrons. The fourth-order valence-corrected chi connectivity index (χ4v) is 2.64. The molecule has 20 heavy (non-hydrogen) atoms. The standard InChI is InChI=1S/C16H20N2O2/c1-2-11-3-6-15-14(9-11)12(10-20-15)7-8-18(16(17)19)13-4-5-13/h3,6,9-10,13H,2,4-5,7-8H2,1H3,(H2,17,19). The van der Waals surface area contributed by atoms with Crippen molar-refractivity contribution in [3.63, 3.8) is 0 Å². The monoisotopic (exact) mass is 272 g/mol. The highest BCUT2D eigenvalue weighted by Crippen LogP contribution is 2.28. The number of fused-ring (bicyclic) bond motifs is 1. The van der Waals surface area contributed by atoms with E-state index in [4.69, 9.17) is 10.2 Å². The lowest BCUT2D eigenvalue weighted by Gasteiger charge is -2.19. The van der Waals surface area contributed by atoms with Crippen molar-refractivity contribution in [2.45, 2.75) is 38.6 Å². The van der Waals surface area contributed by atoms with Crippen molar-refractivity contribution in [2.75, 3.05) is 6.54 Å². The Kier molecular flexibility index (Phi) is 3.38. The topological polar surface area (TPSA) is 59.5 Å². The predicted molar refractivity (Wildman–Crippen MR) is 78.6 cm³/mol. The first-order chi connectivity index (χ1) is 9.69. The van der Waals surface area contributed by atoms with Crippen LogP contribution in [-0.2, 0) is 12.8 Å². The molecular weight excluding hydrogens is 252 g/mol. The van der Waals surface area contributed by atoms with Gasteiger partial charge in [-0.15, -0.1) is 0 Å². The Morgan fingerprint density at radius 2 is 2.25 bits per heavy atom. The van der Waals surface area contributed by atoms with Crippen molar-refractivity contribution in [3.8, 4) is 0 Å². The molecule has 1 aliphatic carbocycles. The zero-order chi connectivity index (χ0) is 14.1. The molecule has 2 amide bonds. The molecule has 4 nitrogen and oxygen atoms in total.